The predicted molar refractivity (Wildman–Crippen MR) is 141 cm³/mol. The minimum absolute atomic E-state index is 0.172. The molecule has 1 aliphatic rings. The van der Waals surface area contributed by atoms with Crippen molar-refractivity contribution >= 4 is 11.6 Å². The number of nitrogens with one attached hydrogen (secondary N) is 1. The van der Waals surface area contributed by atoms with Crippen LogP contribution in [0.15, 0.2) is 46.9 Å². The predicted octanol–water partition coefficient (Wildman–Crippen LogP) is 7.90. The van der Waals surface area contributed by atoms with Gasteiger partial charge in [0.05, 0.1) is 0 Å². The van der Waals surface area contributed by atoms with Crippen LogP contribution < -0.4 is 5.32 Å². The Morgan fingerprint density at radius 3 is 2.06 bits per heavy atom. The Balaban J connectivity index is 1.58. The second-order valence-electron chi connectivity index (χ2n) is 11.1. The van der Waals surface area contributed by atoms with Crippen LogP contribution >= 0.6 is 0 Å². The van der Waals surface area contributed by atoms with Crippen molar-refractivity contribution in [3.8, 4) is 0 Å². The van der Waals surface area contributed by atoms with Gasteiger partial charge in [-0.1, -0.05) is 71.9 Å². The highest BCUT2D eigenvalue weighted by molar-refractivity contribution is 6.03. The number of rotatable bonds is 6. The largest absolute Gasteiger partial charge is 0.456 e. The minimum atomic E-state index is -0.188. The Labute approximate surface area is 205 Å². The Bertz CT molecular complexity index is 1190. The highest BCUT2D eigenvalue weighted by Gasteiger charge is 2.37. The van der Waals surface area contributed by atoms with Crippen LogP contribution in [0.5, 0.6) is 0 Å². The van der Waals surface area contributed by atoms with E-state index >= 15 is 0 Å². The van der Waals surface area contributed by atoms with Crippen LogP contribution in [0.1, 0.15) is 104 Å². The molecule has 0 bridgehead atoms. The molecule has 1 amide bonds. The van der Waals surface area contributed by atoms with E-state index in [4.69, 9.17) is 4.42 Å². The minimum Gasteiger partial charge on any atom is -0.456 e. The SMILES string of the molecule is CCc1cccc(CC)c1NC(=O)c1ccc(Cc2cc3c(cc2C)C(C)(C)CCC3(C)C)o1. The highest BCUT2D eigenvalue weighted by Crippen LogP contribution is 2.46. The van der Waals surface area contributed by atoms with Crippen molar-refractivity contribution in [2.75, 3.05) is 5.32 Å². The lowest BCUT2D eigenvalue weighted by molar-refractivity contribution is 0.0995. The summed E-state index contributed by atoms with van der Waals surface area (Å²) in [5, 5.41) is 3.11. The highest BCUT2D eigenvalue weighted by atomic mass is 16.3. The van der Waals surface area contributed by atoms with Crippen molar-refractivity contribution in [1.29, 1.82) is 0 Å². The van der Waals surface area contributed by atoms with Gasteiger partial charge in [-0.15, -0.1) is 0 Å². The number of furan rings is 1. The van der Waals surface area contributed by atoms with Crippen LogP contribution in [0.2, 0.25) is 0 Å². The van der Waals surface area contributed by atoms with Crippen LogP contribution in [-0.4, -0.2) is 5.91 Å². The molecule has 0 saturated heterocycles. The summed E-state index contributed by atoms with van der Waals surface area (Å²) in [6.45, 7) is 15.8. The number of benzene rings is 2. The number of aryl methyl sites for hydroxylation is 3. The summed E-state index contributed by atoms with van der Waals surface area (Å²) < 4.78 is 6.05. The van der Waals surface area contributed by atoms with Gasteiger partial charge in [-0.2, -0.15) is 0 Å². The Hall–Kier alpha value is -2.81. The maximum absolute atomic E-state index is 13.0. The topological polar surface area (TPSA) is 42.2 Å². The number of carbonyl (C=O) groups excluding carboxylic acids is 1. The van der Waals surface area contributed by atoms with Crippen molar-refractivity contribution in [1.82, 2.24) is 0 Å². The molecule has 0 spiro atoms. The van der Waals surface area contributed by atoms with E-state index in [-0.39, 0.29) is 16.7 Å². The molecule has 0 aliphatic heterocycles. The third kappa shape index (κ3) is 4.58. The number of fused-ring (bicyclic) bond motifs is 1. The van der Waals surface area contributed by atoms with E-state index in [1.165, 1.54) is 35.1 Å². The van der Waals surface area contributed by atoms with Crippen LogP contribution in [0, 0.1) is 6.92 Å². The maximum Gasteiger partial charge on any atom is 0.291 e. The van der Waals surface area contributed by atoms with E-state index in [9.17, 15) is 4.79 Å². The molecular weight excluding hydrogens is 418 g/mol. The molecule has 34 heavy (non-hydrogen) atoms. The van der Waals surface area contributed by atoms with E-state index in [0.717, 1.165) is 35.4 Å². The van der Waals surface area contributed by atoms with Gasteiger partial charge in [-0.05, 0) is 89.0 Å². The fraction of sp³-hybridized carbons (Fsp3) is 0.452. The van der Waals surface area contributed by atoms with Crippen LogP contribution in [0.25, 0.3) is 0 Å². The molecule has 4 rings (SSSR count). The molecule has 1 aliphatic carbocycles. The first kappa shape index (κ1) is 24.3. The van der Waals surface area contributed by atoms with Crippen LogP contribution in [0.4, 0.5) is 5.69 Å². The standard InChI is InChI=1S/C31H39NO2/c1-8-21-11-10-12-22(9-2)28(21)32-29(33)27-14-13-24(34-27)18-23-19-26-25(17-20(23)3)30(4,5)15-16-31(26,6)7/h10-14,17,19H,8-9,15-16,18H2,1-7H3,(H,32,33). The number of anilines is 1. The third-order valence-corrected chi connectivity index (χ3v) is 7.80. The average molecular weight is 458 g/mol. The summed E-state index contributed by atoms with van der Waals surface area (Å²) in [7, 11) is 0. The van der Waals surface area contributed by atoms with Gasteiger partial charge in [-0.25, -0.2) is 0 Å². The molecule has 0 atom stereocenters. The summed E-state index contributed by atoms with van der Waals surface area (Å²) in [4.78, 5) is 13.0. The summed E-state index contributed by atoms with van der Waals surface area (Å²) in [5.41, 5.74) is 9.09. The number of amides is 1. The zero-order valence-electron chi connectivity index (χ0n) is 21.9. The summed E-state index contributed by atoms with van der Waals surface area (Å²) >= 11 is 0. The van der Waals surface area contributed by atoms with Crippen molar-refractivity contribution in [3.05, 3.63) is 87.4 Å². The summed E-state index contributed by atoms with van der Waals surface area (Å²) in [6.07, 6.45) is 4.84. The molecule has 1 aromatic heterocycles. The zero-order chi connectivity index (χ0) is 24.7. The van der Waals surface area contributed by atoms with Gasteiger partial charge in [0.25, 0.3) is 5.91 Å². The Morgan fingerprint density at radius 1 is 0.882 bits per heavy atom. The fourth-order valence-electron chi connectivity index (χ4n) is 5.32. The Morgan fingerprint density at radius 2 is 1.47 bits per heavy atom. The lowest BCUT2D eigenvalue weighted by atomic mass is 9.62. The molecule has 0 saturated carbocycles. The smallest absolute Gasteiger partial charge is 0.291 e. The van der Waals surface area contributed by atoms with E-state index < -0.39 is 0 Å². The number of para-hydroxylation sites is 1. The van der Waals surface area contributed by atoms with Crippen molar-refractivity contribution < 1.29 is 9.21 Å². The number of hydrogen-bond donors (Lipinski definition) is 1. The van der Waals surface area contributed by atoms with Gasteiger partial charge in [0.1, 0.15) is 5.76 Å². The lowest BCUT2D eigenvalue weighted by Gasteiger charge is -2.42. The second kappa shape index (κ2) is 9.09. The van der Waals surface area contributed by atoms with E-state index in [1.807, 2.05) is 6.07 Å². The summed E-state index contributed by atoms with van der Waals surface area (Å²) in [5.74, 6) is 0.993. The molecular formula is C31H39NO2. The molecule has 1 heterocycles. The van der Waals surface area contributed by atoms with Crippen molar-refractivity contribution in [2.45, 2.75) is 91.4 Å². The third-order valence-electron chi connectivity index (χ3n) is 7.80. The molecule has 2 aromatic carbocycles. The van der Waals surface area contributed by atoms with Gasteiger partial charge in [0.2, 0.25) is 0 Å². The second-order valence-corrected chi connectivity index (χ2v) is 11.1. The van der Waals surface area contributed by atoms with E-state index in [2.05, 4.69) is 84.1 Å². The van der Waals surface area contributed by atoms with Crippen molar-refractivity contribution in [3.63, 3.8) is 0 Å². The fourth-order valence-corrected chi connectivity index (χ4v) is 5.32. The molecule has 0 unspecified atom stereocenters. The molecule has 3 aromatic rings. The van der Waals surface area contributed by atoms with Gasteiger partial charge in [-0.3, -0.25) is 4.79 Å². The number of carbonyl (C=O) groups is 1. The molecule has 3 heteroatoms. The molecule has 1 N–H and O–H groups in total. The number of hydrogen-bond acceptors (Lipinski definition) is 2. The first-order chi connectivity index (χ1) is 16.1. The average Bonchev–Trinajstić information content (AvgIpc) is 3.27. The van der Waals surface area contributed by atoms with Gasteiger partial charge in [0, 0.05) is 12.1 Å². The van der Waals surface area contributed by atoms with Gasteiger partial charge >= 0.3 is 0 Å². The van der Waals surface area contributed by atoms with E-state index in [1.54, 1.807) is 6.07 Å². The summed E-state index contributed by atoms with van der Waals surface area (Å²) in [6, 6.07) is 14.7. The van der Waals surface area contributed by atoms with E-state index in [0.29, 0.717) is 12.2 Å². The molecule has 0 radical (unpaired) electrons. The molecule has 180 valence electrons. The maximum atomic E-state index is 13.0. The molecule has 0 fully saturated rings. The Kier molecular flexibility index (Phi) is 6.50. The monoisotopic (exact) mass is 457 g/mol. The van der Waals surface area contributed by atoms with Gasteiger partial charge < -0.3 is 9.73 Å². The zero-order valence-corrected chi connectivity index (χ0v) is 21.9. The van der Waals surface area contributed by atoms with Crippen molar-refractivity contribution in [2.24, 2.45) is 0 Å². The van der Waals surface area contributed by atoms with Gasteiger partial charge in [0.15, 0.2) is 5.76 Å². The van der Waals surface area contributed by atoms with Crippen LogP contribution in [0.3, 0.4) is 0 Å². The normalized spacial score (nSPS) is 16.2. The first-order valence-corrected chi connectivity index (χ1v) is 12.7. The van der Waals surface area contributed by atoms with Crippen LogP contribution in [-0.2, 0) is 30.1 Å². The lowest BCUT2D eigenvalue weighted by Crippen LogP contribution is -2.34. The first-order valence-electron chi connectivity index (χ1n) is 12.7. The quantitative estimate of drug-likeness (QED) is 0.409. The molecule has 3 nitrogen and oxygen atoms in total.